The molecule has 0 aliphatic carbocycles. The number of thioether (sulfide) groups is 1. The molecule has 0 saturated carbocycles. The smallest absolute Gasteiger partial charge is 0.277 e. The Morgan fingerprint density at radius 1 is 1.00 bits per heavy atom. The second-order valence-corrected chi connectivity index (χ2v) is 7.58. The molecule has 1 aliphatic heterocycles. The van der Waals surface area contributed by atoms with Crippen LogP contribution in [-0.2, 0) is 5.75 Å². The zero-order valence-electron chi connectivity index (χ0n) is 16.4. The summed E-state index contributed by atoms with van der Waals surface area (Å²) in [4.78, 5) is 12.7. The fourth-order valence-corrected chi connectivity index (χ4v) is 3.48. The van der Waals surface area contributed by atoms with Gasteiger partial charge in [0.2, 0.25) is 24.6 Å². The molecular weight excluding hydrogens is 418 g/mol. The van der Waals surface area contributed by atoms with E-state index in [1.54, 1.807) is 6.07 Å². The molecule has 0 spiro atoms. The van der Waals surface area contributed by atoms with Gasteiger partial charge in [-0.05, 0) is 37.3 Å². The van der Waals surface area contributed by atoms with Crippen LogP contribution in [0.2, 0.25) is 0 Å². The van der Waals surface area contributed by atoms with Crippen LogP contribution in [-0.4, -0.2) is 31.9 Å². The Morgan fingerprint density at radius 2 is 1.84 bits per heavy atom. The van der Waals surface area contributed by atoms with E-state index in [0.29, 0.717) is 40.1 Å². The van der Waals surface area contributed by atoms with Gasteiger partial charge >= 0.3 is 0 Å². The molecule has 3 heterocycles. The standard InChI is InChI=1S/C20H17N7O3S/c1-11-2-5-13(6-3-11)22-19-24-16(23-18(21)25-19)9-31-20-27-26-17(30-20)12-4-7-14-15(8-12)29-10-28-14/h2-8H,9-10H2,1H3,(H3,21,22,23,24,25). The second kappa shape index (κ2) is 8.11. The van der Waals surface area contributed by atoms with Crippen LogP contribution in [0.5, 0.6) is 11.5 Å². The topological polar surface area (TPSA) is 134 Å². The summed E-state index contributed by atoms with van der Waals surface area (Å²) in [6, 6.07) is 13.3. The summed E-state index contributed by atoms with van der Waals surface area (Å²) in [5, 5.41) is 11.7. The summed E-state index contributed by atoms with van der Waals surface area (Å²) >= 11 is 1.31. The van der Waals surface area contributed by atoms with Crippen LogP contribution < -0.4 is 20.5 Å². The molecule has 11 heteroatoms. The van der Waals surface area contributed by atoms with Crippen LogP contribution in [0.15, 0.2) is 52.1 Å². The van der Waals surface area contributed by atoms with Crippen molar-refractivity contribution in [1.29, 1.82) is 0 Å². The first-order valence-corrected chi connectivity index (χ1v) is 10.3. The number of hydrogen-bond acceptors (Lipinski definition) is 11. The SMILES string of the molecule is Cc1ccc(Nc2nc(N)nc(CSc3nnc(-c4ccc5c(c4)OCO5)o3)n2)cc1. The molecule has 3 N–H and O–H groups in total. The van der Waals surface area contributed by atoms with Crippen molar-refractivity contribution in [3.8, 4) is 23.0 Å². The normalized spacial score (nSPS) is 12.2. The third kappa shape index (κ3) is 4.36. The fourth-order valence-electron chi connectivity index (χ4n) is 2.87. The van der Waals surface area contributed by atoms with E-state index in [1.807, 2.05) is 43.3 Å². The first-order valence-electron chi connectivity index (χ1n) is 9.33. The molecule has 0 radical (unpaired) electrons. The average Bonchev–Trinajstić information content (AvgIpc) is 3.42. The largest absolute Gasteiger partial charge is 0.454 e. The number of benzene rings is 2. The van der Waals surface area contributed by atoms with Crippen molar-refractivity contribution in [2.75, 3.05) is 17.8 Å². The number of fused-ring (bicyclic) bond motifs is 1. The molecule has 0 unspecified atom stereocenters. The quantitative estimate of drug-likeness (QED) is 0.430. The van der Waals surface area contributed by atoms with Gasteiger partial charge < -0.3 is 24.9 Å². The maximum absolute atomic E-state index is 5.85. The van der Waals surface area contributed by atoms with Crippen molar-refractivity contribution in [2.24, 2.45) is 0 Å². The van der Waals surface area contributed by atoms with Gasteiger partial charge in [0.05, 0.1) is 5.75 Å². The van der Waals surface area contributed by atoms with E-state index in [2.05, 4.69) is 30.5 Å². The van der Waals surface area contributed by atoms with Crippen LogP contribution in [0.3, 0.4) is 0 Å². The number of aromatic nitrogens is 5. The molecule has 10 nitrogen and oxygen atoms in total. The first kappa shape index (κ1) is 19.1. The molecule has 4 aromatic rings. The Labute approximate surface area is 181 Å². The van der Waals surface area contributed by atoms with E-state index >= 15 is 0 Å². The third-order valence-electron chi connectivity index (χ3n) is 4.36. The third-order valence-corrected chi connectivity index (χ3v) is 5.17. The van der Waals surface area contributed by atoms with Gasteiger partial charge in [0.1, 0.15) is 5.82 Å². The average molecular weight is 435 g/mol. The molecular formula is C20H17N7O3S. The van der Waals surface area contributed by atoms with E-state index in [0.717, 1.165) is 16.8 Å². The number of anilines is 3. The second-order valence-electron chi connectivity index (χ2n) is 6.65. The van der Waals surface area contributed by atoms with E-state index in [9.17, 15) is 0 Å². The Bertz CT molecular complexity index is 1230. The van der Waals surface area contributed by atoms with Crippen LogP contribution in [0.25, 0.3) is 11.5 Å². The van der Waals surface area contributed by atoms with E-state index in [4.69, 9.17) is 19.6 Å². The monoisotopic (exact) mass is 435 g/mol. The minimum absolute atomic E-state index is 0.131. The molecule has 0 bridgehead atoms. The molecule has 2 aromatic carbocycles. The summed E-state index contributed by atoms with van der Waals surface area (Å²) in [5.74, 6) is 3.12. The lowest BCUT2D eigenvalue weighted by molar-refractivity contribution is 0.174. The zero-order valence-corrected chi connectivity index (χ0v) is 17.2. The van der Waals surface area contributed by atoms with Gasteiger partial charge in [0.25, 0.3) is 5.22 Å². The maximum atomic E-state index is 5.85. The van der Waals surface area contributed by atoms with E-state index in [1.165, 1.54) is 11.8 Å². The highest BCUT2D eigenvalue weighted by Crippen LogP contribution is 2.36. The predicted molar refractivity (Wildman–Crippen MR) is 114 cm³/mol. The summed E-state index contributed by atoms with van der Waals surface area (Å²) in [6.07, 6.45) is 0. The van der Waals surface area contributed by atoms with E-state index in [-0.39, 0.29) is 12.7 Å². The highest BCUT2D eigenvalue weighted by molar-refractivity contribution is 7.98. The van der Waals surface area contributed by atoms with Crippen molar-refractivity contribution in [3.05, 3.63) is 53.9 Å². The van der Waals surface area contributed by atoms with Gasteiger partial charge in [0.15, 0.2) is 11.5 Å². The lowest BCUT2D eigenvalue weighted by Crippen LogP contribution is -2.06. The zero-order chi connectivity index (χ0) is 21.2. The minimum Gasteiger partial charge on any atom is -0.454 e. The van der Waals surface area contributed by atoms with Crippen LogP contribution >= 0.6 is 11.8 Å². The maximum Gasteiger partial charge on any atom is 0.277 e. The van der Waals surface area contributed by atoms with Crippen LogP contribution in [0, 0.1) is 6.92 Å². The Morgan fingerprint density at radius 3 is 2.71 bits per heavy atom. The number of hydrogen-bond donors (Lipinski definition) is 2. The highest BCUT2D eigenvalue weighted by atomic mass is 32.2. The molecule has 1 aliphatic rings. The van der Waals surface area contributed by atoms with Gasteiger partial charge in [-0.25, -0.2) is 0 Å². The first-order chi connectivity index (χ1) is 15.1. The molecule has 0 atom stereocenters. The van der Waals surface area contributed by atoms with Gasteiger partial charge in [-0.15, -0.1) is 10.2 Å². The lowest BCUT2D eigenvalue weighted by Gasteiger charge is -2.07. The van der Waals surface area contributed by atoms with Gasteiger partial charge in [-0.3, -0.25) is 0 Å². The van der Waals surface area contributed by atoms with Crippen molar-refractivity contribution in [2.45, 2.75) is 17.9 Å². The van der Waals surface area contributed by atoms with Crippen molar-refractivity contribution in [1.82, 2.24) is 25.1 Å². The van der Waals surface area contributed by atoms with Gasteiger partial charge in [-0.2, -0.15) is 15.0 Å². The predicted octanol–water partition coefficient (Wildman–Crippen LogP) is 3.58. The molecule has 0 fully saturated rings. The molecule has 156 valence electrons. The summed E-state index contributed by atoms with van der Waals surface area (Å²) in [6.45, 7) is 2.23. The van der Waals surface area contributed by atoms with Crippen LogP contribution in [0.4, 0.5) is 17.6 Å². The number of aryl methyl sites for hydroxylation is 1. The summed E-state index contributed by atoms with van der Waals surface area (Å²) in [7, 11) is 0. The molecule has 31 heavy (non-hydrogen) atoms. The van der Waals surface area contributed by atoms with Crippen molar-refractivity contribution < 1.29 is 13.9 Å². The van der Waals surface area contributed by atoms with Crippen molar-refractivity contribution >= 4 is 29.3 Å². The Hall–Kier alpha value is -3.86. The molecule has 0 amide bonds. The van der Waals surface area contributed by atoms with E-state index < -0.39 is 0 Å². The summed E-state index contributed by atoms with van der Waals surface area (Å²) < 4.78 is 16.4. The fraction of sp³-hybridized carbons (Fsp3) is 0.150. The number of nitrogens with zero attached hydrogens (tertiary/aromatic N) is 5. The number of nitrogen functional groups attached to an aromatic ring is 1. The Kier molecular flexibility index (Phi) is 5.00. The van der Waals surface area contributed by atoms with Gasteiger partial charge in [0, 0.05) is 11.3 Å². The lowest BCUT2D eigenvalue weighted by atomic mass is 10.2. The van der Waals surface area contributed by atoms with Gasteiger partial charge in [-0.1, -0.05) is 29.5 Å². The number of nitrogens with one attached hydrogen (secondary N) is 1. The Balaban J connectivity index is 1.27. The number of rotatable bonds is 6. The number of nitrogens with two attached hydrogens (primary N) is 1. The molecule has 2 aromatic heterocycles. The number of ether oxygens (including phenoxy) is 2. The summed E-state index contributed by atoms with van der Waals surface area (Å²) in [5.41, 5.74) is 8.62. The molecule has 5 rings (SSSR count). The highest BCUT2D eigenvalue weighted by Gasteiger charge is 2.17. The van der Waals surface area contributed by atoms with Crippen molar-refractivity contribution in [3.63, 3.8) is 0 Å². The molecule has 0 saturated heterocycles. The van der Waals surface area contributed by atoms with Crippen LogP contribution in [0.1, 0.15) is 11.4 Å². The minimum atomic E-state index is 0.131.